The number of carbonyl (C=O) groups is 4. The SMILES string of the molecule is CCCCCCCCCCCCCC(=O)OC[C@H](COP(=O)(O)OCC(COC(=O)CCC[I-]N)OC(=O)CCN)OC(=O)CCCCCCCCCCCCC. The number of hydrogen-bond acceptors (Lipinski definition) is 13. The van der Waals surface area contributed by atoms with E-state index in [0.717, 1.165) is 43.0 Å². The molecular formula is C41H79IN2O12P-. The van der Waals surface area contributed by atoms with Gasteiger partial charge >= 0.3 is 157 Å². The van der Waals surface area contributed by atoms with Crippen LogP contribution < -0.4 is 31.2 Å². The van der Waals surface area contributed by atoms with Crippen LogP contribution in [-0.2, 0) is 51.7 Å². The first-order valence-corrected chi connectivity index (χ1v) is 26.1. The first-order chi connectivity index (χ1) is 27.6. The van der Waals surface area contributed by atoms with Crippen LogP contribution in [0.2, 0.25) is 0 Å². The van der Waals surface area contributed by atoms with Gasteiger partial charge in [0.15, 0.2) is 6.10 Å². The molecule has 0 aromatic carbocycles. The van der Waals surface area contributed by atoms with E-state index in [1.165, 1.54) is 89.9 Å². The molecule has 16 heteroatoms. The number of rotatable bonds is 42. The number of hydrogen-bond donors (Lipinski definition) is 3. The van der Waals surface area contributed by atoms with Crippen molar-refractivity contribution < 1.29 is 78.1 Å². The zero-order valence-corrected chi connectivity index (χ0v) is 38.5. The van der Waals surface area contributed by atoms with E-state index in [-0.39, 0.29) is 38.8 Å². The summed E-state index contributed by atoms with van der Waals surface area (Å²) in [6.07, 6.45) is 23.7. The standard InChI is InChI=1S/C41H79IN2O12P/c1-3-5-7-9-11-13-15-17-19-21-23-26-38(45)51-32-36(55-40(47)27-24-22-20-18-16-14-12-10-8-6-4-2)34-53-57(49,50)54-35-37(56-41(48)29-31-43)33-52-39(46)28-25-30-42-44/h36-37H,3-35,43-44H2,1-2H3,(H,49,50)/q-1/t36-,37?/m1/s1. The fraction of sp³-hybridized carbons (Fsp3) is 0.902. The fourth-order valence-corrected chi connectivity index (χ4v) is 7.51. The van der Waals surface area contributed by atoms with Crippen LogP contribution in [0.5, 0.6) is 0 Å². The van der Waals surface area contributed by atoms with Crippen molar-refractivity contribution in [1.82, 2.24) is 0 Å². The molecule has 0 aliphatic rings. The van der Waals surface area contributed by atoms with Crippen molar-refractivity contribution in [2.45, 2.75) is 199 Å². The van der Waals surface area contributed by atoms with Gasteiger partial charge in [-0.05, 0) is 12.8 Å². The molecule has 0 aromatic heterocycles. The van der Waals surface area contributed by atoms with E-state index in [0.29, 0.717) is 19.3 Å². The normalized spacial score (nSPS) is 13.5. The zero-order chi connectivity index (χ0) is 42.2. The van der Waals surface area contributed by atoms with E-state index in [1.54, 1.807) is 0 Å². The average molecular weight is 950 g/mol. The summed E-state index contributed by atoms with van der Waals surface area (Å²) in [5.74, 6) is -2.23. The maximum atomic E-state index is 12.9. The van der Waals surface area contributed by atoms with Crippen LogP contribution in [-0.4, -0.2) is 78.4 Å². The van der Waals surface area contributed by atoms with E-state index < -0.39 is 85.2 Å². The van der Waals surface area contributed by atoms with Crippen molar-refractivity contribution in [1.29, 1.82) is 0 Å². The molecule has 5 N–H and O–H groups in total. The Morgan fingerprint density at radius 3 is 1.21 bits per heavy atom. The summed E-state index contributed by atoms with van der Waals surface area (Å²) in [7, 11) is -4.81. The predicted octanol–water partition coefficient (Wildman–Crippen LogP) is 5.52. The van der Waals surface area contributed by atoms with E-state index in [1.807, 2.05) is 0 Å². The summed E-state index contributed by atoms with van der Waals surface area (Å²) in [5.41, 5.74) is 5.42. The average Bonchev–Trinajstić information content (AvgIpc) is 3.18. The van der Waals surface area contributed by atoms with Gasteiger partial charge in [-0.3, -0.25) is 9.59 Å². The smallest absolute Gasteiger partial charge is 0.456 e. The second-order valence-electron chi connectivity index (χ2n) is 14.7. The molecule has 0 heterocycles. The van der Waals surface area contributed by atoms with E-state index in [9.17, 15) is 28.6 Å². The minimum absolute atomic E-state index is 0.0131. The molecule has 0 radical (unpaired) electrons. The van der Waals surface area contributed by atoms with E-state index >= 15 is 0 Å². The van der Waals surface area contributed by atoms with Crippen LogP contribution in [0, 0.1) is 0 Å². The summed E-state index contributed by atoms with van der Waals surface area (Å²) in [5, 5.41) is 0. The van der Waals surface area contributed by atoms with Crippen LogP contribution in [0.25, 0.3) is 0 Å². The number of alkyl halides is 1. The Morgan fingerprint density at radius 1 is 0.509 bits per heavy atom. The number of phosphoric ester groups is 1. The molecule has 2 unspecified atom stereocenters. The Labute approximate surface area is 354 Å². The Balaban J connectivity index is 5.00. The monoisotopic (exact) mass is 949 g/mol. The van der Waals surface area contributed by atoms with Crippen LogP contribution >= 0.6 is 7.82 Å². The molecule has 0 fully saturated rings. The topological polar surface area (TPSA) is 213 Å². The Bertz CT molecular complexity index is 1060. The van der Waals surface area contributed by atoms with Gasteiger partial charge in [0.2, 0.25) is 0 Å². The van der Waals surface area contributed by atoms with Gasteiger partial charge in [-0.1, -0.05) is 142 Å². The molecule has 338 valence electrons. The molecule has 0 spiro atoms. The zero-order valence-electron chi connectivity index (χ0n) is 35.4. The van der Waals surface area contributed by atoms with Gasteiger partial charge in [0.05, 0.1) is 0 Å². The van der Waals surface area contributed by atoms with Crippen molar-refractivity contribution in [3.63, 3.8) is 0 Å². The predicted molar refractivity (Wildman–Crippen MR) is 218 cm³/mol. The third kappa shape index (κ3) is 38.6. The number of carbonyl (C=O) groups excluding carboxylic acids is 4. The van der Waals surface area contributed by atoms with Crippen molar-refractivity contribution in [3.05, 3.63) is 0 Å². The molecule has 0 amide bonds. The number of phosphoric acid groups is 1. The number of nitrogens with two attached hydrogens (primary N) is 2. The minimum atomic E-state index is -4.81. The third-order valence-corrected chi connectivity index (χ3v) is 11.6. The summed E-state index contributed by atoms with van der Waals surface area (Å²) in [4.78, 5) is 59.9. The molecular weight excluding hydrogens is 870 g/mol. The first-order valence-electron chi connectivity index (χ1n) is 21.9. The van der Waals surface area contributed by atoms with Gasteiger partial charge in [0.25, 0.3) is 0 Å². The Hall–Kier alpha value is -1.36. The van der Waals surface area contributed by atoms with Crippen molar-refractivity contribution in [3.8, 4) is 0 Å². The summed E-state index contributed by atoms with van der Waals surface area (Å²) >= 11 is -0.455. The quantitative estimate of drug-likeness (QED) is 0.0131. The van der Waals surface area contributed by atoms with Gasteiger partial charge in [-0.25, -0.2) is 0 Å². The number of esters is 4. The molecule has 0 saturated carbocycles. The Kier molecular flexibility index (Phi) is 39.1. The van der Waals surface area contributed by atoms with E-state index in [2.05, 4.69) is 13.8 Å². The third-order valence-electron chi connectivity index (χ3n) is 9.24. The molecule has 0 aliphatic heterocycles. The number of halogens is 1. The van der Waals surface area contributed by atoms with Gasteiger partial charge in [-0.15, -0.1) is 0 Å². The van der Waals surface area contributed by atoms with Crippen LogP contribution in [0.3, 0.4) is 0 Å². The number of unbranched alkanes of at least 4 members (excludes halogenated alkanes) is 20. The van der Waals surface area contributed by atoms with Crippen molar-refractivity contribution in [2.24, 2.45) is 9.68 Å². The molecule has 0 aliphatic carbocycles. The molecule has 3 atom stereocenters. The number of ether oxygens (including phenoxy) is 4. The summed E-state index contributed by atoms with van der Waals surface area (Å²) in [6.45, 7) is 2.44. The second kappa shape index (κ2) is 40.1. The van der Waals surface area contributed by atoms with Crippen LogP contribution in [0.15, 0.2) is 0 Å². The van der Waals surface area contributed by atoms with Gasteiger partial charge < -0.3 is 9.47 Å². The fourth-order valence-electron chi connectivity index (χ4n) is 5.90. The summed E-state index contributed by atoms with van der Waals surface area (Å²) < 4.78 is 50.7. The van der Waals surface area contributed by atoms with E-state index in [4.69, 9.17) is 37.7 Å². The van der Waals surface area contributed by atoms with Crippen molar-refractivity contribution >= 4 is 31.7 Å². The minimum Gasteiger partial charge on any atom is -0.456 e. The Morgan fingerprint density at radius 2 is 0.842 bits per heavy atom. The molecule has 57 heavy (non-hydrogen) atoms. The molecule has 0 saturated heterocycles. The molecule has 0 rings (SSSR count). The molecule has 0 bridgehead atoms. The first kappa shape index (κ1) is 55.6. The van der Waals surface area contributed by atoms with Gasteiger partial charge in [0.1, 0.15) is 6.61 Å². The van der Waals surface area contributed by atoms with Gasteiger partial charge in [0, 0.05) is 12.8 Å². The molecule has 0 aromatic rings. The van der Waals surface area contributed by atoms with Crippen molar-refractivity contribution in [2.75, 3.05) is 37.4 Å². The van der Waals surface area contributed by atoms with Crippen LogP contribution in [0.4, 0.5) is 0 Å². The molecule has 14 nitrogen and oxygen atoms in total. The van der Waals surface area contributed by atoms with Crippen LogP contribution in [0.1, 0.15) is 187 Å². The maximum absolute atomic E-state index is 12.9. The van der Waals surface area contributed by atoms with Gasteiger partial charge in [-0.2, -0.15) is 0 Å². The summed E-state index contributed by atoms with van der Waals surface area (Å²) in [6, 6.07) is 0. The second-order valence-corrected chi connectivity index (χ2v) is 18.1.